The molecule has 8 unspecified atom stereocenters. The Labute approximate surface area is 277 Å². The predicted octanol–water partition coefficient (Wildman–Crippen LogP) is 9.33. The van der Waals surface area contributed by atoms with Gasteiger partial charge in [-0.1, -0.05) is 77.2 Å². The van der Waals surface area contributed by atoms with Crippen LogP contribution in [0.2, 0.25) is 18.1 Å². The molecule has 0 aromatic heterocycles. The van der Waals surface area contributed by atoms with Gasteiger partial charge in [0, 0.05) is 38.3 Å². The van der Waals surface area contributed by atoms with Gasteiger partial charge in [0.05, 0.1) is 12.2 Å². The van der Waals surface area contributed by atoms with Crippen molar-refractivity contribution in [2.24, 2.45) is 23.7 Å². The lowest BCUT2D eigenvalue weighted by Gasteiger charge is -2.37. The minimum atomic E-state index is -1.85. The monoisotopic (exact) mass is 648 g/mol. The topological polar surface area (TPSA) is 66.4 Å². The maximum Gasteiger partial charge on any atom is 0.192 e. The molecule has 1 saturated carbocycles. The third kappa shape index (κ3) is 11.3. The summed E-state index contributed by atoms with van der Waals surface area (Å²) in [6, 6.07) is 0. The second-order valence-corrected chi connectivity index (χ2v) is 20.7. The lowest BCUT2D eigenvalue weighted by Crippen LogP contribution is -2.42. The first-order valence-corrected chi connectivity index (χ1v) is 21.7. The average molecular weight is 649 g/mol. The summed E-state index contributed by atoms with van der Waals surface area (Å²) in [6.45, 7) is 16.7. The maximum atomic E-state index is 9.53. The molecule has 0 aromatic rings. The number of aliphatic hydroxyl groups excluding tert-OH is 1. The number of unbranched alkanes of at least 4 members (excludes halogenated alkanes) is 3. The van der Waals surface area contributed by atoms with Crippen molar-refractivity contribution in [3.8, 4) is 0 Å². The van der Waals surface area contributed by atoms with Gasteiger partial charge in [-0.05, 0) is 101 Å². The van der Waals surface area contributed by atoms with Crippen LogP contribution in [0.25, 0.3) is 0 Å². The van der Waals surface area contributed by atoms with Gasteiger partial charge in [0.15, 0.2) is 20.9 Å². The highest BCUT2D eigenvalue weighted by atomic mass is 28.4. The Bertz CT molecular complexity index is 900. The number of aliphatic hydroxyl groups is 1. The zero-order valence-electron chi connectivity index (χ0n) is 29.8. The molecule has 45 heavy (non-hydrogen) atoms. The van der Waals surface area contributed by atoms with Gasteiger partial charge < -0.3 is 28.5 Å². The van der Waals surface area contributed by atoms with Crippen LogP contribution in [-0.4, -0.2) is 64.6 Å². The molecule has 7 heteroatoms. The fourth-order valence-electron chi connectivity index (χ4n) is 7.46. The summed E-state index contributed by atoms with van der Waals surface area (Å²) in [5, 5.41) is 9.72. The molecule has 4 aliphatic rings. The Hall–Kier alpha value is -0.543. The van der Waals surface area contributed by atoms with Crippen LogP contribution in [0.1, 0.15) is 124 Å². The fraction of sp³-hybridized carbons (Fsp3) is 0.895. The number of allylic oxidation sites excluding steroid dienone is 1. The van der Waals surface area contributed by atoms with E-state index in [1.807, 2.05) is 0 Å². The van der Waals surface area contributed by atoms with Crippen LogP contribution >= 0.6 is 0 Å². The van der Waals surface area contributed by atoms with E-state index in [0.29, 0.717) is 23.7 Å². The van der Waals surface area contributed by atoms with E-state index in [1.54, 1.807) is 5.57 Å². The predicted molar refractivity (Wildman–Crippen MR) is 186 cm³/mol. The zero-order chi connectivity index (χ0) is 32.3. The smallest absolute Gasteiger partial charge is 0.192 e. The summed E-state index contributed by atoms with van der Waals surface area (Å²) in [5.41, 5.74) is 1.58. The third-order valence-electron chi connectivity index (χ3n) is 11.4. The first kappa shape index (κ1) is 37.3. The van der Waals surface area contributed by atoms with Crippen LogP contribution < -0.4 is 0 Å². The summed E-state index contributed by atoms with van der Waals surface area (Å²) in [7, 11) is -1.85. The fourth-order valence-corrected chi connectivity index (χ4v) is 8.51. The van der Waals surface area contributed by atoms with Crippen molar-refractivity contribution >= 4 is 8.32 Å². The summed E-state index contributed by atoms with van der Waals surface area (Å²) >= 11 is 0. The Morgan fingerprint density at radius 2 is 1.69 bits per heavy atom. The summed E-state index contributed by atoms with van der Waals surface area (Å²) in [5.74, 6) is 1.84. The molecule has 0 spiro atoms. The molecule has 260 valence electrons. The van der Waals surface area contributed by atoms with E-state index in [2.05, 4.69) is 59.0 Å². The lowest BCUT2D eigenvalue weighted by molar-refractivity contribution is -0.193. The van der Waals surface area contributed by atoms with Crippen molar-refractivity contribution in [3.63, 3.8) is 0 Å². The van der Waals surface area contributed by atoms with Crippen LogP contribution in [0.4, 0.5) is 0 Å². The van der Waals surface area contributed by atoms with E-state index < -0.39 is 8.32 Å². The van der Waals surface area contributed by atoms with Gasteiger partial charge in [-0.2, -0.15) is 0 Å². The van der Waals surface area contributed by atoms with Crippen LogP contribution in [-0.2, 0) is 23.4 Å². The highest BCUT2D eigenvalue weighted by molar-refractivity contribution is 6.74. The Balaban J connectivity index is 1.50. The Morgan fingerprint density at radius 3 is 2.33 bits per heavy atom. The van der Waals surface area contributed by atoms with E-state index in [4.69, 9.17) is 23.4 Å². The molecule has 2 heterocycles. The third-order valence-corrected chi connectivity index (χ3v) is 15.9. The molecule has 0 bridgehead atoms. The van der Waals surface area contributed by atoms with Gasteiger partial charge >= 0.3 is 0 Å². The van der Waals surface area contributed by atoms with E-state index in [0.717, 1.165) is 84.0 Å². The second kappa shape index (κ2) is 18.3. The van der Waals surface area contributed by atoms with Crippen LogP contribution in [0, 0.1) is 23.7 Å². The summed E-state index contributed by atoms with van der Waals surface area (Å²) < 4.78 is 32.2. The molecule has 6 nitrogen and oxygen atoms in total. The van der Waals surface area contributed by atoms with Crippen molar-refractivity contribution in [2.75, 3.05) is 26.4 Å². The second-order valence-electron chi connectivity index (χ2n) is 15.9. The van der Waals surface area contributed by atoms with E-state index in [1.165, 1.54) is 32.1 Å². The molecule has 3 fully saturated rings. The van der Waals surface area contributed by atoms with Crippen molar-refractivity contribution in [3.05, 3.63) is 23.8 Å². The molecular formula is C38H68O6Si. The van der Waals surface area contributed by atoms with Gasteiger partial charge in [0.1, 0.15) is 0 Å². The molecule has 0 aromatic carbocycles. The number of fused-ring (bicyclic) bond motifs is 1. The number of hydrogen-bond donors (Lipinski definition) is 1. The quantitative estimate of drug-likeness (QED) is 0.0908. The highest BCUT2D eigenvalue weighted by Gasteiger charge is 2.47. The first-order valence-electron chi connectivity index (χ1n) is 18.8. The van der Waals surface area contributed by atoms with Gasteiger partial charge in [-0.25, -0.2) is 0 Å². The molecule has 4 rings (SSSR count). The van der Waals surface area contributed by atoms with Crippen LogP contribution in [0.5, 0.6) is 0 Å². The number of rotatable bonds is 18. The standard InChI is InChI=1S/C38H68O6Si/c1-7-8-9-17-32(43-36-18-11-14-23-40-36)20-21-33-34-26-30(25-31(34)27-35(33)44-37-19-12-15-24-41-37)29(16-10-13-22-39)28-42-45(5,6)38(2,3)4/h20-21,25,29,31-37,39H,7-19,22-24,26-28H2,1-6H3. The largest absolute Gasteiger partial charge is 0.416 e. The molecular weight excluding hydrogens is 580 g/mol. The molecule has 0 radical (unpaired) electrons. The lowest BCUT2D eigenvalue weighted by atomic mass is 9.86. The van der Waals surface area contributed by atoms with Crippen molar-refractivity contribution in [1.82, 2.24) is 0 Å². The Kier molecular flexibility index (Phi) is 15.1. The van der Waals surface area contributed by atoms with Crippen molar-refractivity contribution in [1.29, 1.82) is 0 Å². The van der Waals surface area contributed by atoms with Gasteiger partial charge in [0.25, 0.3) is 0 Å². The maximum absolute atomic E-state index is 9.53. The Morgan fingerprint density at radius 1 is 0.978 bits per heavy atom. The number of ether oxygens (including phenoxy) is 4. The van der Waals surface area contributed by atoms with Crippen LogP contribution in [0.15, 0.2) is 23.8 Å². The minimum absolute atomic E-state index is 0.0709. The van der Waals surface area contributed by atoms with E-state index in [-0.39, 0.29) is 36.4 Å². The van der Waals surface area contributed by atoms with Gasteiger partial charge in [-0.15, -0.1) is 0 Å². The molecule has 1 N–H and O–H groups in total. The van der Waals surface area contributed by atoms with Crippen molar-refractivity contribution < 1.29 is 28.5 Å². The molecule has 2 aliphatic heterocycles. The van der Waals surface area contributed by atoms with Crippen molar-refractivity contribution in [2.45, 2.75) is 167 Å². The van der Waals surface area contributed by atoms with E-state index >= 15 is 0 Å². The van der Waals surface area contributed by atoms with E-state index in [9.17, 15) is 5.11 Å². The molecule has 2 aliphatic carbocycles. The summed E-state index contributed by atoms with van der Waals surface area (Å²) in [4.78, 5) is 0. The minimum Gasteiger partial charge on any atom is -0.416 e. The highest BCUT2D eigenvalue weighted by Crippen LogP contribution is 2.51. The normalized spacial score (nSPS) is 30.9. The molecule has 2 saturated heterocycles. The number of hydrogen-bond acceptors (Lipinski definition) is 6. The first-order chi connectivity index (χ1) is 21.6. The van der Waals surface area contributed by atoms with Gasteiger partial charge in [-0.3, -0.25) is 0 Å². The van der Waals surface area contributed by atoms with Gasteiger partial charge in [0.2, 0.25) is 0 Å². The molecule has 8 atom stereocenters. The SMILES string of the molecule is CCCCCC(C=CC1C(OC2CCCCO2)CC2C=C(C(CCCCO)CO[Si](C)(C)C(C)(C)C)CC21)OC1CCCCO1. The summed E-state index contributed by atoms with van der Waals surface area (Å²) in [6.07, 6.45) is 24.1. The molecule has 0 amide bonds. The zero-order valence-corrected chi connectivity index (χ0v) is 30.8. The average Bonchev–Trinajstić information content (AvgIpc) is 3.56. The van der Waals surface area contributed by atoms with Crippen LogP contribution in [0.3, 0.4) is 0 Å².